The van der Waals surface area contributed by atoms with E-state index >= 15 is 0 Å². The van der Waals surface area contributed by atoms with Crippen LogP contribution in [0.15, 0.2) is 28.0 Å². The van der Waals surface area contributed by atoms with Crippen molar-refractivity contribution in [2.45, 2.75) is 36.4 Å². The average molecular weight is 326 g/mol. The summed E-state index contributed by atoms with van der Waals surface area (Å²) in [4.78, 5) is 0. The smallest absolute Gasteiger partial charge is 0.252 e. The maximum absolute atomic E-state index is 12.5. The highest BCUT2D eigenvalue weighted by Crippen LogP contribution is 2.28. The van der Waals surface area contributed by atoms with E-state index in [9.17, 15) is 8.42 Å². The molecular formula is C13H18N4O2S2. The Morgan fingerprint density at radius 2 is 2.14 bits per heavy atom. The lowest BCUT2D eigenvalue weighted by atomic mass is 10.1. The molecule has 2 aromatic heterocycles. The molecule has 0 aromatic carbocycles. The number of thiophene rings is 1. The normalized spacial score (nSPS) is 18.1. The van der Waals surface area contributed by atoms with E-state index in [0.717, 1.165) is 25.1 Å². The number of nitrogens with zero attached hydrogens (tertiary/aromatic N) is 4. The Labute approximate surface area is 128 Å². The molecule has 0 atom stereocenters. The molecule has 3 heterocycles. The fraction of sp³-hybridized carbons (Fsp3) is 0.538. The summed E-state index contributed by atoms with van der Waals surface area (Å²) >= 11 is 1.27. The number of piperidine rings is 1. The molecule has 1 saturated heterocycles. The van der Waals surface area contributed by atoms with Gasteiger partial charge < -0.3 is 4.57 Å². The summed E-state index contributed by atoms with van der Waals surface area (Å²) in [6, 6.07) is 3.74. The first kappa shape index (κ1) is 14.7. The summed E-state index contributed by atoms with van der Waals surface area (Å²) < 4.78 is 29.0. The van der Waals surface area contributed by atoms with Crippen LogP contribution in [0, 0.1) is 0 Å². The molecule has 114 valence electrons. The quantitative estimate of drug-likeness (QED) is 0.861. The second-order valence-electron chi connectivity index (χ2n) is 5.08. The highest BCUT2D eigenvalue weighted by molar-refractivity contribution is 7.91. The summed E-state index contributed by atoms with van der Waals surface area (Å²) in [5.41, 5.74) is 0. The van der Waals surface area contributed by atoms with Gasteiger partial charge in [-0.2, -0.15) is 4.31 Å². The fourth-order valence-corrected chi connectivity index (χ4v) is 5.34. The molecule has 0 spiro atoms. The Morgan fingerprint density at radius 1 is 1.38 bits per heavy atom. The van der Waals surface area contributed by atoms with Crippen molar-refractivity contribution < 1.29 is 8.42 Å². The Balaban J connectivity index is 1.71. The second-order valence-corrected chi connectivity index (χ2v) is 8.19. The molecule has 0 saturated carbocycles. The summed E-state index contributed by atoms with van der Waals surface area (Å²) in [7, 11) is -3.32. The van der Waals surface area contributed by atoms with E-state index in [0.29, 0.717) is 23.3 Å². The van der Waals surface area contributed by atoms with Gasteiger partial charge in [-0.05, 0) is 24.3 Å². The highest BCUT2D eigenvalue weighted by atomic mass is 32.2. The van der Waals surface area contributed by atoms with Crippen LogP contribution in [-0.4, -0.2) is 40.6 Å². The first-order valence-corrected chi connectivity index (χ1v) is 9.37. The molecule has 0 N–H and O–H groups in total. The molecule has 6 nitrogen and oxygen atoms in total. The van der Waals surface area contributed by atoms with E-state index in [-0.39, 0.29) is 0 Å². The Bertz CT molecular complexity index is 686. The van der Waals surface area contributed by atoms with E-state index in [4.69, 9.17) is 0 Å². The maximum atomic E-state index is 12.5. The third-order valence-corrected chi connectivity index (χ3v) is 7.14. The van der Waals surface area contributed by atoms with Gasteiger partial charge in [0, 0.05) is 25.6 Å². The van der Waals surface area contributed by atoms with Gasteiger partial charge in [0.1, 0.15) is 16.4 Å². The van der Waals surface area contributed by atoms with Crippen LogP contribution >= 0.6 is 11.3 Å². The number of aromatic nitrogens is 3. The second kappa shape index (κ2) is 5.86. The Kier molecular flexibility index (Phi) is 4.10. The lowest BCUT2D eigenvalue weighted by Crippen LogP contribution is -2.38. The predicted molar refractivity (Wildman–Crippen MR) is 80.7 cm³/mol. The standard InChI is InChI=1S/C13H18N4O2S2/c1-2-12-15-14-10-17(12)11-5-7-16(8-6-11)21(18,19)13-4-3-9-20-13/h3-4,9-11H,2,5-8H2,1H3. The van der Waals surface area contributed by atoms with E-state index in [1.165, 1.54) is 11.3 Å². The van der Waals surface area contributed by atoms with Crippen molar-refractivity contribution in [2.75, 3.05) is 13.1 Å². The number of sulfonamides is 1. The van der Waals surface area contributed by atoms with Crippen LogP contribution in [0.1, 0.15) is 31.6 Å². The molecule has 1 aliphatic heterocycles. The monoisotopic (exact) mass is 326 g/mol. The van der Waals surface area contributed by atoms with Crippen molar-refractivity contribution in [3.05, 3.63) is 29.7 Å². The van der Waals surface area contributed by atoms with Gasteiger partial charge in [0.25, 0.3) is 10.0 Å². The molecule has 1 fully saturated rings. The molecule has 21 heavy (non-hydrogen) atoms. The third-order valence-electron chi connectivity index (χ3n) is 3.87. The topological polar surface area (TPSA) is 68.1 Å². The molecule has 0 amide bonds. The highest BCUT2D eigenvalue weighted by Gasteiger charge is 2.31. The van der Waals surface area contributed by atoms with Crippen LogP contribution in [0.3, 0.4) is 0 Å². The fourth-order valence-electron chi connectivity index (χ4n) is 2.72. The summed E-state index contributed by atoms with van der Waals surface area (Å²) in [5.74, 6) is 0.967. The van der Waals surface area contributed by atoms with Crippen molar-refractivity contribution in [3.63, 3.8) is 0 Å². The van der Waals surface area contributed by atoms with Gasteiger partial charge in [0.15, 0.2) is 0 Å². The SMILES string of the molecule is CCc1nncn1C1CCN(S(=O)(=O)c2cccs2)CC1. The molecule has 3 rings (SSSR count). The van der Waals surface area contributed by atoms with Crippen molar-refractivity contribution in [1.82, 2.24) is 19.1 Å². The lowest BCUT2D eigenvalue weighted by Gasteiger charge is -2.31. The van der Waals surface area contributed by atoms with Gasteiger partial charge in [-0.15, -0.1) is 21.5 Å². The maximum Gasteiger partial charge on any atom is 0.252 e. The van der Waals surface area contributed by atoms with Crippen LogP contribution in [-0.2, 0) is 16.4 Å². The van der Waals surface area contributed by atoms with Crippen molar-refractivity contribution in [2.24, 2.45) is 0 Å². The van der Waals surface area contributed by atoms with Crippen molar-refractivity contribution in [1.29, 1.82) is 0 Å². The minimum Gasteiger partial charge on any atom is -0.314 e. The number of hydrogen-bond donors (Lipinski definition) is 0. The molecule has 0 unspecified atom stereocenters. The van der Waals surface area contributed by atoms with Gasteiger partial charge in [-0.25, -0.2) is 8.42 Å². The van der Waals surface area contributed by atoms with Crippen molar-refractivity contribution in [3.8, 4) is 0 Å². The summed E-state index contributed by atoms with van der Waals surface area (Å²) in [6.07, 6.45) is 4.20. The molecule has 0 radical (unpaired) electrons. The van der Waals surface area contributed by atoms with Crippen molar-refractivity contribution >= 4 is 21.4 Å². The predicted octanol–water partition coefficient (Wildman–Crippen LogP) is 1.93. The Hall–Kier alpha value is -1.25. The van der Waals surface area contributed by atoms with Crippen LogP contribution in [0.2, 0.25) is 0 Å². The van der Waals surface area contributed by atoms with Gasteiger partial charge in [0.05, 0.1) is 0 Å². The van der Waals surface area contributed by atoms with Crippen LogP contribution in [0.4, 0.5) is 0 Å². The Morgan fingerprint density at radius 3 is 2.76 bits per heavy atom. The summed E-state index contributed by atoms with van der Waals surface area (Å²) in [6.45, 7) is 3.15. The first-order chi connectivity index (χ1) is 10.1. The van der Waals surface area contributed by atoms with Crippen LogP contribution < -0.4 is 0 Å². The zero-order chi connectivity index (χ0) is 14.9. The van der Waals surface area contributed by atoms with Gasteiger partial charge in [-0.3, -0.25) is 0 Å². The van der Waals surface area contributed by atoms with Gasteiger partial charge in [-0.1, -0.05) is 13.0 Å². The molecule has 2 aromatic rings. The van der Waals surface area contributed by atoms with E-state index in [2.05, 4.69) is 21.7 Å². The zero-order valence-electron chi connectivity index (χ0n) is 11.8. The molecular weight excluding hydrogens is 308 g/mol. The number of aryl methyl sites for hydroxylation is 1. The molecule has 0 aliphatic carbocycles. The third kappa shape index (κ3) is 2.75. The molecule has 0 bridgehead atoms. The number of hydrogen-bond acceptors (Lipinski definition) is 5. The summed E-state index contributed by atoms with van der Waals surface area (Å²) in [5, 5.41) is 9.86. The zero-order valence-corrected chi connectivity index (χ0v) is 13.5. The van der Waals surface area contributed by atoms with Crippen LogP contribution in [0.5, 0.6) is 0 Å². The number of rotatable bonds is 4. The minimum absolute atomic E-state index is 0.296. The van der Waals surface area contributed by atoms with Crippen LogP contribution in [0.25, 0.3) is 0 Å². The lowest BCUT2D eigenvalue weighted by molar-refractivity contribution is 0.270. The first-order valence-electron chi connectivity index (χ1n) is 7.05. The molecule has 8 heteroatoms. The van der Waals surface area contributed by atoms with E-state index in [1.807, 2.05) is 0 Å². The average Bonchev–Trinajstić information content (AvgIpc) is 3.18. The largest absolute Gasteiger partial charge is 0.314 e. The van der Waals surface area contributed by atoms with Gasteiger partial charge >= 0.3 is 0 Å². The molecule has 1 aliphatic rings. The van der Waals surface area contributed by atoms with E-state index < -0.39 is 10.0 Å². The van der Waals surface area contributed by atoms with E-state index in [1.54, 1.807) is 28.1 Å². The minimum atomic E-state index is -3.32. The van der Waals surface area contributed by atoms with Gasteiger partial charge in [0.2, 0.25) is 0 Å².